The molecule has 0 N–H and O–H groups in total. The molecule has 0 fully saturated rings. The molecule has 0 atom stereocenters. The standard InChI is InChI=1S/C59H38N2/c1-3-17-39(18-4-1)41-21-15-23-43(35-41)56-38-57(44-24-16-22-42(36-44)40-19-5-2-6-20-40)61-58(60-56)45-33-34-51-47-26-8-7-25-46(47)48-27-9-12-30-52(48)59(55(51)37-45)53-31-13-10-28-49(53)50-29-11-14-32-54(50)59/h1-38H. The van der Waals surface area contributed by atoms with Gasteiger partial charge in [-0.1, -0.05) is 206 Å². The van der Waals surface area contributed by atoms with E-state index in [1.807, 2.05) is 0 Å². The van der Waals surface area contributed by atoms with Crippen LogP contribution in [-0.2, 0) is 5.41 Å². The fraction of sp³-hybridized carbons (Fsp3) is 0.0169. The molecular formula is C59H38N2. The van der Waals surface area contributed by atoms with E-state index in [9.17, 15) is 0 Å². The summed E-state index contributed by atoms with van der Waals surface area (Å²) in [7, 11) is 0. The minimum absolute atomic E-state index is 0.595. The first-order valence-electron chi connectivity index (χ1n) is 21.0. The largest absolute Gasteiger partial charge is 0.228 e. The third-order valence-electron chi connectivity index (χ3n) is 12.7. The van der Waals surface area contributed by atoms with Gasteiger partial charge in [0.1, 0.15) is 0 Å². The fourth-order valence-corrected chi connectivity index (χ4v) is 10.0. The highest BCUT2D eigenvalue weighted by atomic mass is 14.9. The molecule has 2 nitrogen and oxygen atoms in total. The molecule has 2 aliphatic rings. The molecule has 0 radical (unpaired) electrons. The summed E-state index contributed by atoms with van der Waals surface area (Å²) in [6, 6.07) is 83.6. The van der Waals surface area contributed by atoms with E-state index >= 15 is 0 Å². The zero-order valence-corrected chi connectivity index (χ0v) is 33.3. The summed E-state index contributed by atoms with van der Waals surface area (Å²) >= 11 is 0. The number of hydrogen-bond donors (Lipinski definition) is 0. The van der Waals surface area contributed by atoms with Crippen LogP contribution in [0.15, 0.2) is 231 Å². The van der Waals surface area contributed by atoms with E-state index in [0.717, 1.165) is 39.2 Å². The normalized spacial score (nSPS) is 12.7. The van der Waals surface area contributed by atoms with Gasteiger partial charge >= 0.3 is 0 Å². The van der Waals surface area contributed by atoms with Gasteiger partial charge in [-0.05, 0) is 102 Å². The molecule has 61 heavy (non-hydrogen) atoms. The van der Waals surface area contributed by atoms with Crippen molar-refractivity contribution in [2.75, 3.05) is 0 Å². The molecule has 2 heteroatoms. The average molecular weight is 775 g/mol. The zero-order chi connectivity index (χ0) is 40.3. The highest BCUT2D eigenvalue weighted by molar-refractivity contribution is 5.98. The van der Waals surface area contributed by atoms with Gasteiger partial charge in [-0.2, -0.15) is 0 Å². The lowest BCUT2D eigenvalue weighted by molar-refractivity contribution is 0.775. The number of aromatic nitrogens is 2. The van der Waals surface area contributed by atoms with Crippen molar-refractivity contribution in [1.82, 2.24) is 9.97 Å². The van der Waals surface area contributed by atoms with Gasteiger partial charge in [-0.25, -0.2) is 9.97 Å². The lowest BCUT2D eigenvalue weighted by Crippen LogP contribution is -2.29. The van der Waals surface area contributed by atoms with E-state index in [2.05, 4.69) is 231 Å². The van der Waals surface area contributed by atoms with Crippen molar-refractivity contribution in [2.24, 2.45) is 0 Å². The molecule has 0 bridgehead atoms. The molecule has 0 amide bonds. The van der Waals surface area contributed by atoms with Crippen LogP contribution in [-0.4, -0.2) is 9.97 Å². The molecule has 9 aromatic carbocycles. The monoisotopic (exact) mass is 774 g/mol. The molecule has 0 aliphatic heterocycles. The van der Waals surface area contributed by atoms with Gasteiger partial charge in [-0.15, -0.1) is 0 Å². The SMILES string of the molecule is c1ccc(-c2cccc(-c3cc(-c4cccc(-c5ccccc5)c4)nc(-c4ccc5c(c4)C4(c6ccccc6-c6ccccc6-5)c5ccccc5-c5ccccc54)n3)c2)cc1. The van der Waals surface area contributed by atoms with Crippen LogP contribution in [0, 0.1) is 0 Å². The smallest absolute Gasteiger partial charge is 0.160 e. The Morgan fingerprint density at radius 2 is 0.607 bits per heavy atom. The molecule has 284 valence electrons. The summed E-state index contributed by atoms with van der Waals surface area (Å²) in [5.74, 6) is 0.686. The van der Waals surface area contributed by atoms with Crippen molar-refractivity contribution in [2.45, 2.75) is 5.41 Å². The van der Waals surface area contributed by atoms with Gasteiger partial charge in [0.25, 0.3) is 0 Å². The van der Waals surface area contributed by atoms with E-state index in [1.165, 1.54) is 66.8 Å². The maximum Gasteiger partial charge on any atom is 0.160 e. The number of rotatable bonds is 5. The molecule has 12 rings (SSSR count). The van der Waals surface area contributed by atoms with Crippen LogP contribution >= 0.6 is 0 Å². The zero-order valence-electron chi connectivity index (χ0n) is 33.3. The van der Waals surface area contributed by atoms with Gasteiger partial charge in [0.05, 0.1) is 16.8 Å². The predicted molar refractivity (Wildman–Crippen MR) is 251 cm³/mol. The first-order chi connectivity index (χ1) is 30.2. The van der Waals surface area contributed by atoms with Gasteiger partial charge < -0.3 is 0 Å². The highest BCUT2D eigenvalue weighted by Crippen LogP contribution is 2.61. The van der Waals surface area contributed by atoms with Gasteiger partial charge in [0.15, 0.2) is 5.82 Å². The Labute approximate surface area is 356 Å². The second-order valence-corrected chi connectivity index (χ2v) is 16.0. The van der Waals surface area contributed by atoms with Crippen molar-refractivity contribution in [3.8, 4) is 89.5 Å². The maximum atomic E-state index is 5.47. The topological polar surface area (TPSA) is 25.8 Å². The molecule has 0 unspecified atom stereocenters. The Morgan fingerprint density at radius 3 is 1.10 bits per heavy atom. The van der Waals surface area contributed by atoms with Crippen LogP contribution in [0.2, 0.25) is 0 Å². The maximum absolute atomic E-state index is 5.47. The van der Waals surface area contributed by atoms with Crippen molar-refractivity contribution >= 4 is 0 Å². The second kappa shape index (κ2) is 14.1. The Balaban J connectivity index is 1.13. The number of benzene rings is 9. The average Bonchev–Trinajstić information content (AvgIpc) is 3.59. The van der Waals surface area contributed by atoms with E-state index in [0.29, 0.717) is 5.82 Å². The Bertz CT molecular complexity index is 3160. The lowest BCUT2D eigenvalue weighted by Gasteiger charge is -2.35. The highest BCUT2D eigenvalue weighted by Gasteiger charge is 2.49. The molecule has 1 aromatic heterocycles. The molecule has 0 saturated carbocycles. The molecule has 1 heterocycles. The molecule has 0 saturated heterocycles. The summed E-state index contributed by atoms with van der Waals surface area (Å²) < 4.78 is 0. The summed E-state index contributed by atoms with van der Waals surface area (Å²) in [5.41, 5.74) is 21.4. The van der Waals surface area contributed by atoms with Gasteiger partial charge in [0.2, 0.25) is 0 Å². The first kappa shape index (κ1) is 35.0. The van der Waals surface area contributed by atoms with Crippen molar-refractivity contribution in [3.63, 3.8) is 0 Å². The minimum Gasteiger partial charge on any atom is -0.228 e. The van der Waals surface area contributed by atoms with E-state index in [-0.39, 0.29) is 0 Å². The van der Waals surface area contributed by atoms with Gasteiger partial charge in [-0.3, -0.25) is 0 Å². The Kier molecular flexibility index (Phi) is 8.11. The Hall–Kier alpha value is -7.94. The molecular weight excluding hydrogens is 737 g/mol. The molecule has 1 spiro atoms. The summed E-state index contributed by atoms with van der Waals surface area (Å²) in [6.45, 7) is 0. The van der Waals surface area contributed by atoms with Crippen LogP contribution in [0.3, 0.4) is 0 Å². The lowest BCUT2D eigenvalue weighted by atomic mass is 9.65. The molecule has 10 aromatic rings. The van der Waals surface area contributed by atoms with Crippen LogP contribution in [0.4, 0.5) is 0 Å². The fourth-order valence-electron chi connectivity index (χ4n) is 10.0. The third kappa shape index (κ3) is 5.57. The molecule has 2 aliphatic carbocycles. The van der Waals surface area contributed by atoms with Crippen LogP contribution < -0.4 is 0 Å². The summed E-state index contributed by atoms with van der Waals surface area (Å²) in [6.07, 6.45) is 0. The quantitative estimate of drug-likeness (QED) is 0.174. The van der Waals surface area contributed by atoms with Crippen molar-refractivity contribution in [1.29, 1.82) is 0 Å². The Morgan fingerprint density at radius 1 is 0.230 bits per heavy atom. The predicted octanol–water partition coefficient (Wildman–Crippen LogP) is 14.8. The summed E-state index contributed by atoms with van der Waals surface area (Å²) in [5, 5.41) is 0. The van der Waals surface area contributed by atoms with Gasteiger partial charge in [0, 0.05) is 16.7 Å². The third-order valence-corrected chi connectivity index (χ3v) is 12.7. The van der Waals surface area contributed by atoms with Crippen LogP contribution in [0.25, 0.3) is 89.5 Å². The van der Waals surface area contributed by atoms with Crippen molar-refractivity contribution in [3.05, 3.63) is 253 Å². The summed E-state index contributed by atoms with van der Waals surface area (Å²) in [4.78, 5) is 10.9. The van der Waals surface area contributed by atoms with E-state index in [1.54, 1.807) is 0 Å². The van der Waals surface area contributed by atoms with Crippen molar-refractivity contribution < 1.29 is 0 Å². The number of fused-ring (bicyclic) bond motifs is 12. The van der Waals surface area contributed by atoms with E-state index in [4.69, 9.17) is 9.97 Å². The minimum atomic E-state index is -0.595. The number of hydrogen-bond acceptors (Lipinski definition) is 2. The first-order valence-corrected chi connectivity index (χ1v) is 21.0. The second-order valence-electron chi connectivity index (χ2n) is 16.0. The van der Waals surface area contributed by atoms with E-state index < -0.39 is 5.41 Å². The van der Waals surface area contributed by atoms with Crippen LogP contribution in [0.5, 0.6) is 0 Å². The van der Waals surface area contributed by atoms with Crippen LogP contribution in [0.1, 0.15) is 22.3 Å². The number of nitrogens with zero attached hydrogens (tertiary/aromatic N) is 2.